The third-order valence-corrected chi connectivity index (χ3v) is 2.84. The molecule has 19 heavy (non-hydrogen) atoms. The molecule has 2 aromatic rings. The molecule has 3 heteroatoms. The van der Waals surface area contributed by atoms with Gasteiger partial charge in [0, 0.05) is 5.69 Å². The molecule has 0 saturated carbocycles. The summed E-state index contributed by atoms with van der Waals surface area (Å²) in [5.74, 6) is 0.273. The fourth-order valence-electron chi connectivity index (χ4n) is 1.86. The third-order valence-electron chi connectivity index (χ3n) is 2.84. The van der Waals surface area contributed by atoms with Crippen LogP contribution in [0.15, 0.2) is 48.5 Å². The number of carbonyl (C=O) groups excluding carboxylic acids is 1. The molecule has 0 atom stereocenters. The summed E-state index contributed by atoms with van der Waals surface area (Å²) < 4.78 is 5.44. The summed E-state index contributed by atoms with van der Waals surface area (Å²) in [6.07, 6.45) is 1.90. The SMILES string of the molecule is CCCc1ccccc1OC(=O)c1ccc(N)cc1. The van der Waals surface area contributed by atoms with Crippen molar-refractivity contribution in [3.05, 3.63) is 59.7 Å². The third kappa shape index (κ3) is 3.35. The Labute approximate surface area is 113 Å². The van der Waals surface area contributed by atoms with Crippen LogP contribution in [0.5, 0.6) is 5.75 Å². The lowest BCUT2D eigenvalue weighted by atomic mass is 10.1. The number of rotatable bonds is 4. The summed E-state index contributed by atoms with van der Waals surface area (Å²) in [7, 11) is 0. The van der Waals surface area contributed by atoms with Gasteiger partial charge in [-0.3, -0.25) is 0 Å². The average molecular weight is 255 g/mol. The molecule has 0 radical (unpaired) electrons. The second-order valence-corrected chi connectivity index (χ2v) is 4.37. The number of carbonyl (C=O) groups is 1. The summed E-state index contributed by atoms with van der Waals surface area (Å²) in [4.78, 5) is 12.0. The van der Waals surface area contributed by atoms with E-state index in [0.29, 0.717) is 17.0 Å². The van der Waals surface area contributed by atoms with Crippen molar-refractivity contribution < 1.29 is 9.53 Å². The Hall–Kier alpha value is -2.29. The number of nitrogen functional groups attached to an aromatic ring is 1. The number of anilines is 1. The number of nitrogens with two attached hydrogens (primary N) is 1. The van der Waals surface area contributed by atoms with Crippen LogP contribution < -0.4 is 10.5 Å². The molecule has 0 heterocycles. The number of hydrogen-bond acceptors (Lipinski definition) is 3. The first-order chi connectivity index (χ1) is 9.20. The first kappa shape index (κ1) is 13.1. The van der Waals surface area contributed by atoms with Gasteiger partial charge in [-0.05, 0) is 42.3 Å². The van der Waals surface area contributed by atoms with Gasteiger partial charge in [0.15, 0.2) is 0 Å². The van der Waals surface area contributed by atoms with Gasteiger partial charge in [0.25, 0.3) is 0 Å². The van der Waals surface area contributed by atoms with E-state index >= 15 is 0 Å². The van der Waals surface area contributed by atoms with Gasteiger partial charge < -0.3 is 10.5 Å². The van der Waals surface area contributed by atoms with Gasteiger partial charge >= 0.3 is 5.97 Å². The molecule has 2 N–H and O–H groups in total. The van der Waals surface area contributed by atoms with Gasteiger partial charge in [0.2, 0.25) is 0 Å². The number of para-hydroxylation sites is 1. The zero-order valence-electron chi connectivity index (χ0n) is 10.9. The number of ether oxygens (including phenoxy) is 1. The number of aryl methyl sites for hydroxylation is 1. The fourth-order valence-corrected chi connectivity index (χ4v) is 1.86. The normalized spacial score (nSPS) is 10.2. The lowest BCUT2D eigenvalue weighted by molar-refractivity contribution is 0.0733. The van der Waals surface area contributed by atoms with Crippen LogP contribution in [0, 0.1) is 0 Å². The molecular weight excluding hydrogens is 238 g/mol. The molecule has 0 aromatic heterocycles. The number of hydrogen-bond donors (Lipinski definition) is 1. The number of esters is 1. The van der Waals surface area contributed by atoms with Crippen molar-refractivity contribution in [2.24, 2.45) is 0 Å². The first-order valence-electron chi connectivity index (χ1n) is 6.36. The lowest BCUT2D eigenvalue weighted by Crippen LogP contribution is -2.09. The van der Waals surface area contributed by atoms with Crippen molar-refractivity contribution in [3.63, 3.8) is 0 Å². The Bertz CT molecular complexity index is 561. The topological polar surface area (TPSA) is 52.3 Å². The standard InChI is InChI=1S/C16H17NO2/c1-2-5-12-6-3-4-7-15(12)19-16(18)13-8-10-14(17)11-9-13/h3-4,6-11H,2,5,17H2,1H3. The molecule has 98 valence electrons. The molecular formula is C16H17NO2. The molecule has 0 unspecified atom stereocenters. The van der Waals surface area contributed by atoms with Crippen molar-refractivity contribution in [1.82, 2.24) is 0 Å². The Morgan fingerprint density at radius 1 is 1.11 bits per heavy atom. The Balaban J connectivity index is 2.16. The Morgan fingerprint density at radius 3 is 2.47 bits per heavy atom. The molecule has 0 saturated heterocycles. The van der Waals surface area contributed by atoms with E-state index in [9.17, 15) is 4.79 Å². The molecule has 3 nitrogen and oxygen atoms in total. The maximum atomic E-state index is 12.0. The van der Waals surface area contributed by atoms with Crippen molar-refractivity contribution in [2.75, 3.05) is 5.73 Å². The van der Waals surface area contributed by atoms with E-state index in [4.69, 9.17) is 10.5 Å². The summed E-state index contributed by atoms with van der Waals surface area (Å²) >= 11 is 0. The van der Waals surface area contributed by atoms with Crippen LogP contribution in [0.25, 0.3) is 0 Å². The fraction of sp³-hybridized carbons (Fsp3) is 0.188. The van der Waals surface area contributed by atoms with Gasteiger partial charge in [0.1, 0.15) is 5.75 Å². The zero-order chi connectivity index (χ0) is 13.7. The largest absolute Gasteiger partial charge is 0.423 e. The van der Waals surface area contributed by atoms with Crippen molar-refractivity contribution >= 4 is 11.7 Å². The highest BCUT2D eigenvalue weighted by Crippen LogP contribution is 2.21. The molecule has 0 aliphatic heterocycles. The van der Waals surface area contributed by atoms with Gasteiger partial charge in [-0.15, -0.1) is 0 Å². The quantitative estimate of drug-likeness (QED) is 0.517. The lowest BCUT2D eigenvalue weighted by Gasteiger charge is -2.09. The van der Waals surface area contributed by atoms with Crippen molar-refractivity contribution in [2.45, 2.75) is 19.8 Å². The molecule has 0 aliphatic carbocycles. The molecule has 2 aromatic carbocycles. The van der Waals surface area contributed by atoms with Crippen LogP contribution in [0.4, 0.5) is 5.69 Å². The van der Waals surface area contributed by atoms with E-state index < -0.39 is 0 Å². The van der Waals surface area contributed by atoms with E-state index in [0.717, 1.165) is 18.4 Å². The first-order valence-corrected chi connectivity index (χ1v) is 6.36. The predicted molar refractivity (Wildman–Crippen MR) is 76.2 cm³/mol. The predicted octanol–water partition coefficient (Wildman–Crippen LogP) is 3.44. The van der Waals surface area contributed by atoms with E-state index in [1.165, 1.54) is 0 Å². The highest BCUT2D eigenvalue weighted by molar-refractivity contribution is 5.91. The molecule has 0 spiro atoms. The summed E-state index contributed by atoms with van der Waals surface area (Å²) in [5, 5.41) is 0. The average Bonchev–Trinajstić information content (AvgIpc) is 2.42. The van der Waals surface area contributed by atoms with E-state index in [-0.39, 0.29) is 5.97 Å². The molecule has 2 rings (SSSR count). The molecule has 0 amide bonds. The minimum Gasteiger partial charge on any atom is -0.423 e. The second-order valence-electron chi connectivity index (χ2n) is 4.37. The second kappa shape index (κ2) is 6.05. The monoisotopic (exact) mass is 255 g/mol. The van der Waals surface area contributed by atoms with Crippen LogP contribution in [0.3, 0.4) is 0 Å². The Kier molecular flexibility index (Phi) is 4.18. The van der Waals surface area contributed by atoms with Gasteiger partial charge in [0.05, 0.1) is 5.56 Å². The molecule has 0 bridgehead atoms. The summed E-state index contributed by atoms with van der Waals surface area (Å²) in [5.41, 5.74) is 7.77. The van der Waals surface area contributed by atoms with Crippen LogP contribution in [-0.4, -0.2) is 5.97 Å². The number of benzene rings is 2. The minimum atomic E-state index is -0.358. The van der Waals surface area contributed by atoms with Crippen molar-refractivity contribution in [3.8, 4) is 5.75 Å². The van der Waals surface area contributed by atoms with Crippen LogP contribution in [0.1, 0.15) is 29.3 Å². The van der Waals surface area contributed by atoms with Gasteiger partial charge in [-0.1, -0.05) is 31.5 Å². The van der Waals surface area contributed by atoms with Crippen LogP contribution in [-0.2, 0) is 6.42 Å². The maximum Gasteiger partial charge on any atom is 0.343 e. The molecule has 0 aliphatic rings. The highest BCUT2D eigenvalue weighted by Gasteiger charge is 2.10. The van der Waals surface area contributed by atoms with E-state index in [2.05, 4.69) is 6.92 Å². The van der Waals surface area contributed by atoms with E-state index in [1.54, 1.807) is 24.3 Å². The van der Waals surface area contributed by atoms with Crippen LogP contribution in [0.2, 0.25) is 0 Å². The van der Waals surface area contributed by atoms with Gasteiger partial charge in [-0.25, -0.2) is 4.79 Å². The van der Waals surface area contributed by atoms with Crippen molar-refractivity contribution in [1.29, 1.82) is 0 Å². The summed E-state index contributed by atoms with van der Waals surface area (Å²) in [6.45, 7) is 2.10. The summed E-state index contributed by atoms with van der Waals surface area (Å²) in [6, 6.07) is 14.3. The van der Waals surface area contributed by atoms with Crippen LogP contribution >= 0.6 is 0 Å². The minimum absolute atomic E-state index is 0.358. The highest BCUT2D eigenvalue weighted by atomic mass is 16.5. The van der Waals surface area contributed by atoms with E-state index in [1.807, 2.05) is 24.3 Å². The molecule has 0 fully saturated rings. The maximum absolute atomic E-state index is 12.0. The Morgan fingerprint density at radius 2 is 1.79 bits per heavy atom. The zero-order valence-corrected chi connectivity index (χ0v) is 10.9. The smallest absolute Gasteiger partial charge is 0.343 e. The van der Waals surface area contributed by atoms with Gasteiger partial charge in [-0.2, -0.15) is 0 Å².